The monoisotopic (exact) mass is 238 g/mol. The van der Waals surface area contributed by atoms with Gasteiger partial charge in [0.15, 0.2) is 0 Å². The van der Waals surface area contributed by atoms with Crippen molar-refractivity contribution in [2.24, 2.45) is 5.41 Å². The minimum atomic E-state index is -0.139. The Morgan fingerprint density at radius 2 is 2.06 bits per heavy atom. The summed E-state index contributed by atoms with van der Waals surface area (Å²) in [6, 6.07) is 5.76. The normalized spacial score (nSPS) is 10.1. The number of anilines is 1. The van der Waals surface area contributed by atoms with E-state index in [2.05, 4.69) is 10.3 Å². The molecule has 4 nitrogen and oxygen atoms in total. The number of nitrogens with zero attached hydrogens (tertiary/aromatic N) is 1. The first-order chi connectivity index (χ1) is 7.99. The molecule has 0 amide bonds. The zero-order valence-corrected chi connectivity index (χ0v) is 11.1. The van der Waals surface area contributed by atoms with Crippen LogP contribution in [0.25, 0.3) is 0 Å². The first kappa shape index (κ1) is 15.6. The van der Waals surface area contributed by atoms with Crippen LogP contribution in [0.5, 0.6) is 0 Å². The lowest BCUT2D eigenvalue weighted by molar-refractivity contribution is -0.113. The van der Waals surface area contributed by atoms with Gasteiger partial charge in [0.2, 0.25) is 0 Å². The number of hydrogen-bond acceptors (Lipinski definition) is 4. The smallest absolute Gasteiger partial charge is 0.125 e. The molecular weight excluding hydrogens is 216 g/mol. The van der Waals surface area contributed by atoms with Crippen LogP contribution < -0.4 is 5.32 Å². The molecule has 0 aliphatic rings. The molecule has 1 rings (SSSR count). The molecule has 0 saturated carbocycles. The molecule has 4 heteroatoms. The van der Waals surface area contributed by atoms with Gasteiger partial charge in [0.25, 0.3) is 0 Å². The summed E-state index contributed by atoms with van der Waals surface area (Å²) in [5.41, 5.74) is -0.139. The molecule has 0 aliphatic carbocycles. The maximum absolute atomic E-state index is 9.83. The van der Waals surface area contributed by atoms with Crippen molar-refractivity contribution in [1.82, 2.24) is 4.98 Å². The first-order valence-corrected chi connectivity index (χ1v) is 5.60. The lowest BCUT2D eigenvalue weighted by Crippen LogP contribution is -2.08. The number of pyridine rings is 1. The fourth-order valence-electron chi connectivity index (χ4n) is 0.748. The van der Waals surface area contributed by atoms with Gasteiger partial charge in [0.1, 0.15) is 12.1 Å². The highest BCUT2D eigenvalue weighted by Crippen LogP contribution is 2.05. The van der Waals surface area contributed by atoms with Gasteiger partial charge < -0.3 is 14.8 Å². The lowest BCUT2D eigenvalue weighted by atomic mass is 10.0. The van der Waals surface area contributed by atoms with Crippen molar-refractivity contribution >= 4 is 12.1 Å². The van der Waals surface area contributed by atoms with Gasteiger partial charge in [0, 0.05) is 25.3 Å². The minimum Gasteiger partial charge on any atom is -0.383 e. The van der Waals surface area contributed by atoms with Crippen LogP contribution in [0, 0.1) is 5.41 Å². The van der Waals surface area contributed by atoms with E-state index in [0.717, 1.165) is 18.6 Å². The second-order valence-electron chi connectivity index (χ2n) is 4.62. The van der Waals surface area contributed by atoms with E-state index < -0.39 is 0 Å². The molecule has 0 radical (unpaired) electrons. The van der Waals surface area contributed by atoms with Crippen LogP contribution in [0.3, 0.4) is 0 Å². The molecular formula is C13H22N2O2. The molecule has 0 aromatic carbocycles. The van der Waals surface area contributed by atoms with E-state index in [1.165, 1.54) is 0 Å². The number of carbonyl (C=O) groups is 1. The molecule has 1 N–H and O–H groups in total. The van der Waals surface area contributed by atoms with Crippen molar-refractivity contribution in [2.75, 3.05) is 25.6 Å². The van der Waals surface area contributed by atoms with Crippen LogP contribution in [0.4, 0.5) is 5.82 Å². The van der Waals surface area contributed by atoms with Crippen LogP contribution >= 0.6 is 0 Å². The molecule has 0 atom stereocenters. The van der Waals surface area contributed by atoms with E-state index in [-0.39, 0.29) is 5.41 Å². The Bertz CT molecular complexity index is 294. The maximum Gasteiger partial charge on any atom is 0.125 e. The van der Waals surface area contributed by atoms with Crippen LogP contribution in [0.15, 0.2) is 24.4 Å². The predicted octanol–water partition coefficient (Wildman–Crippen LogP) is 2.37. The summed E-state index contributed by atoms with van der Waals surface area (Å²) in [6.07, 6.45) is 2.70. The first-order valence-electron chi connectivity index (χ1n) is 5.60. The van der Waals surface area contributed by atoms with E-state index in [1.807, 2.05) is 39.0 Å². The number of aromatic nitrogens is 1. The Hall–Kier alpha value is -1.42. The summed E-state index contributed by atoms with van der Waals surface area (Å²) < 4.78 is 4.87. The van der Waals surface area contributed by atoms with Crippen molar-refractivity contribution in [2.45, 2.75) is 20.8 Å². The summed E-state index contributed by atoms with van der Waals surface area (Å²) in [7, 11) is 1.68. The third kappa shape index (κ3) is 10.9. The zero-order chi connectivity index (χ0) is 13.1. The van der Waals surface area contributed by atoms with Crippen LogP contribution in [-0.2, 0) is 9.53 Å². The standard InChI is InChI=1S/C8H12N2O.C5H10O/c1-11-7-6-10-8-4-2-3-5-9-8;1-5(2,3)4-6/h2-5H,6-7H2,1H3,(H,9,10);4H,1-3H3. The van der Waals surface area contributed by atoms with Crippen LogP contribution in [-0.4, -0.2) is 31.5 Å². The Morgan fingerprint density at radius 1 is 1.41 bits per heavy atom. The third-order valence-corrected chi connectivity index (χ3v) is 1.63. The van der Waals surface area contributed by atoms with Gasteiger partial charge in [-0.2, -0.15) is 0 Å². The Kier molecular flexibility index (Phi) is 7.97. The van der Waals surface area contributed by atoms with Gasteiger partial charge in [-0.05, 0) is 12.1 Å². The Labute approximate surface area is 103 Å². The van der Waals surface area contributed by atoms with Gasteiger partial charge in [-0.15, -0.1) is 0 Å². The molecule has 0 aliphatic heterocycles. The number of carbonyl (C=O) groups excluding carboxylic acids is 1. The second kappa shape index (κ2) is 8.70. The molecule has 96 valence electrons. The number of methoxy groups -OCH3 is 1. The molecule has 0 unspecified atom stereocenters. The number of nitrogens with one attached hydrogen (secondary N) is 1. The fraction of sp³-hybridized carbons (Fsp3) is 0.538. The van der Waals surface area contributed by atoms with Crippen molar-refractivity contribution in [1.29, 1.82) is 0 Å². The van der Waals surface area contributed by atoms with Gasteiger partial charge in [0.05, 0.1) is 6.61 Å². The Balaban J connectivity index is 0.000000366. The number of rotatable bonds is 4. The summed E-state index contributed by atoms with van der Waals surface area (Å²) >= 11 is 0. The topological polar surface area (TPSA) is 51.2 Å². The zero-order valence-electron chi connectivity index (χ0n) is 11.1. The quantitative estimate of drug-likeness (QED) is 0.646. The molecule has 0 saturated heterocycles. The summed E-state index contributed by atoms with van der Waals surface area (Å²) in [6.45, 7) is 7.13. The minimum absolute atomic E-state index is 0.139. The fourth-order valence-corrected chi connectivity index (χ4v) is 0.748. The molecule has 0 fully saturated rings. The number of ether oxygens (including phenoxy) is 1. The highest BCUT2D eigenvalue weighted by Gasteiger charge is 2.04. The van der Waals surface area contributed by atoms with Gasteiger partial charge in [-0.25, -0.2) is 4.98 Å². The average Bonchev–Trinajstić information content (AvgIpc) is 2.31. The highest BCUT2D eigenvalue weighted by molar-refractivity contribution is 5.56. The largest absolute Gasteiger partial charge is 0.383 e. The summed E-state index contributed by atoms with van der Waals surface area (Å²) in [5.74, 6) is 0.893. The molecule has 1 aromatic heterocycles. The Morgan fingerprint density at radius 3 is 2.47 bits per heavy atom. The third-order valence-electron chi connectivity index (χ3n) is 1.63. The van der Waals surface area contributed by atoms with E-state index in [4.69, 9.17) is 4.74 Å². The molecule has 1 heterocycles. The summed E-state index contributed by atoms with van der Waals surface area (Å²) in [5, 5.41) is 3.11. The summed E-state index contributed by atoms with van der Waals surface area (Å²) in [4.78, 5) is 13.9. The number of hydrogen-bond donors (Lipinski definition) is 1. The van der Waals surface area contributed by atoms with Crippen molar-refractivity contribution in [3.05, 3.63) is 24.4 Å². The maximum atomic E-state index is 9.83. The van der Waals surface area contributed by atoms with E-state index in [0.29, 0.717) is 6.61 Å². The van der Waals surface area contributed by atoms with Gasteiger partial charge in [-0.1, -0.05) is 26.8 Å². The van der Waals surface area contributed by atoms with E-state index >= 15 is 0 Å². The molecule has 17 heavy (non-hydrogen) atoms. The van der Waals surface area contributed by atoms with Crippen molar-refractivity contribution < 1.29 is 9.53 Å². The molecule has 0 bridgehead atoms. The van der Waals surface area contributed by atoms with Gasteiger partial charge in [-0.3, -0.25) is 0 Å². The second-order valence-corrected chi connectivity index (χ2v) is 4.62. The SMILES string of the molecule is CC(C)(C)C=O.COCCNc1ccccn1. The highest BCUT2D eigenvalue weighted by atomic mass is 16.5. The predicted molar refractivity (Wildman–Crippen MR) is 70.1 cm³/mol. The van der Waals surface area contributed by atoms with Crippen molar-refractivity contribution in [3.8, 4) is 0 Å². The molecule has 0 spiro atoms. The van der Waals surface area contributed by atoms with Crippen molar-refractivity contribution in [3.63, 3.8) is 0 Å². The van der Waals surface area contributed by atoms with E-state index in [1.54, 1.807) is 13.3 Å². The lowest BCUT2D eigenvalue weighted by Gasteiger charge is -2.03. The average molecular weight is 238 g/mol. The van der Waals surface area contributed by atoms with Gasteiger partial charge >= 0.3 is 0 Å². The molecule has 1 aromatic rings. The van der Waals surface area contributed by atoms with Crippen LogP contribution in [0.2, 0.25) is 0 Å². The van der Waals surface area contributed by atoms with Crippen LogP contribution in [0.1, 0.15) is 20.8 Å². The van der Waals surface area contributed by atoms with E-state index in [9.17, 15) is 4.79 Å². The number of aldehydes is 1.